The van der Waals surface area contributed by atoms with Gasteiger partial charge in [0.1, 0.15) is 24.0 Å². The number of nitrogens with zero attached hydrogens (tertiary/aromatic N) is 4. The standard InChI is InChI=1S/C25H32N8O6/c1-26-24(38)20(34)8-7-16(29-23(37)19-12-27-31-32(19)2)22(36)30-17-4-3-9-33(25(17)39)13-21(35)28-18-11-14-5-6-15(18)10-14/h3-4,9,12,14-16,18H,5-8,10-11,13H2,1-2H3,(H,26,38)(H,28,35)(H,29,37)(H,30,36)/t14?,15?,16-,18?/m0/s1. The number of ketones is 1. The van der Waals surface area contributed by atoms with E-state index in [2.05, 4.69) is 31.6 Å². The molecule has 2 aromatic rings. The summed E-state index contributed by atoms with van der Waals surface area (Å²) in [6, 6.07) is 1.76. The zero-order valence-electron chi connectivity index (χ0n) is 21.8. The summed E-state index contributed by atoms with van der Waals surface area (Å²) in [7, 11) is 2.80. The van der Waals surface area contributed by atoms with Crippen LogP contribution in [-0.2, 0) is 32.8 Å². The minimum absolute atomic E-state index is 0.0639. The highest BCUT2D eigenvalue weighted by atomic mass is 16.2. The second-order valence-corrected chi connectivity index (χ2v) is 10.0. The number of aryl methyl sites for hydroxylation is 1. The molecule has 0 radical (unpaired) electrons. The van der Waals surface area contributed by atoms with Crippen LogP contribution in [0.1, 0.15) is 49.0 Å². The number of hydrogen-bond acceptors (Lipinski definition) is 8. The predicted octanol–water partition coefficient (Wildman–Crippen LogP) is -0.886. The predicted molar refractivity (Wildman–Crippen MR) is 137 cm³/mol. The first-order valence-electron chi connectivity index (χ1n) is 12.9. The van der Waals surface area contributed by atoms with Crippen LogP contribution in [0, 0.1) is 11.8 Å². The van der Waals surface area contributed by atoms with Crippen molar-refractivity contribution in [1.82, 2.24) is 35.5 Å². The number of nitrogens with one attached hydrogen (secondary N) is 4. The smallest absolute Gasteiger partial charge is 0.287 e. The average Bonchev–Trinajstić information content (AvgIpc) is 3.65. The Balaban J connectivity index is 1.43. The molecule has 4 N–H and O–H groups in total. The molecule has 14 nitrogen and oxygen atoms in total. The summed E-state index contributed by atoms with van der Waals surface area (Å²) < 4.78 is 2.40. The molecule has 2 aliphatic carbocycles. The number of amides is 4. The molecule has 2 aromatic heterocycles. The SMILES string of the molecule is CNC(=O)C(=O)CC[C@H](NC(=O)c1cnnn1C)C(=O)Nc1cccn(CC(=O)NC2CC3CCC2C3)c1=O. The van der Waals surface area contributed by atoms with Crippen molar-refractivity contribution in [2.75, 3.05) is 12.4 Å². The van der Waals surface area contributed by atoms with Gasteiger partial charge in [0.05, 0.1) is 6.20 Å². The molecule has 0 spiro atoms. The minimum Gasteiger partial charge on any atom is -0.353 e. The van der Waals surface area contributed by atoms with Gasteiger partial charge < -0.3 is 25.8 Å². The lowest BCUT2D eigenvalue weighted by Gasteiger charge is -2.23. The summed E-state index contributed by atoms with van der Waals surface area (Å²) in [4.78, 5) is 75.1. The summed E-state index contributed by atoms with van der Waals surface area (Å²) in [6.45, 7) is -0.204. The van der Waals surface area contributed by atoms with E-state index in [1.54, 1.807) is 0 Å². The molecule has 0 aromatic carbocycles. The summed E-state index contributed by atoms with van der Waals surface area (Å²) in [6.07, 6.45) is 6.54. The Bertz CT molecular complexity index is 1330. The molecule has 0 aliphatic heterocycles. The molecule has 2 heterocycles. The lowest BCUT2D eigenvalue weighted by molar-refractivity contribution is -0.137. The van der Waals surface area contributed by atoms with Crippen LogP contribution in [0.5, 0.6) is 0 Å². The molecule has 4 rings (SSSR count). The number of fused-ring (bicyclic) bond motifs is 2. The third-order valence-corrected chi connectivity index (χ3v) is 7.39. The number of aromatic nitrogens is 4. The van der Waals surface area contributed by atoms with Crippen LogP contribution in [0.25, 0.3) is 0 Å². The third kappa shape index (κ3) is 6.56. The number of likely N-dealkylation sites (N-methyl/N-ethyl adjacent to an activating group) is 1. The van der Waals surface area contributed by atoms with E-state index in [1.807, 2.05) is 0 Å². The van der Waals surface area contributed by atoms with Crippen molar-refractivity contribution < 1.29 is 24.0 Å². The maximum Gasteiger partial charge on any atom is 0.287 e. The van der Waals surface area contributed by atoms with Crippen molar-refractivity contribution in [3.63, 3.8) is 0 Å². The minimum atomic E-state index is -1.27. The highest BCUT2D eigenvalue weighted by Gasteiger charge is 2.40. The number of carbonyl (C=O) groups is 5. The molecule has 39 heavy (non-hydrogen) atoms. The van der Waals surface area contributed by atoms with Gasteiger partial charge in [-0.05, 0) is 49.7 Å². The second-order valence-electron chi connectivity index (χ2n) is 10.0. The van der Waals surface area contributed by atoms with E-state index in [0.717, 1.165) is 19.3 Å². The van der Waals surface area contributed by atoms with E-state index in [-0.39, 0.29) is 42.7 Å². The van der Waals surface area contributed by atoms with Gasteiger partial charge in [-0.3, -0.25) is 28.8 Å². The molecule has 4 amide bonds. The van der Waals surface area contributed by atoms with Gasteiger partial charge in [0.15, 0.2) is 0 Å². The van der Waals surface area contributed by atoms with Crippen LogP contribution in [0.3, 0.4) is 0 Å². The van der Waals surface area contributed by atoms with E-state index < -0.39 is 35.1 Å². The Morgan fingerprint density at radius 2 is 1.95 bits per heavy atom. The zero-order chi connectivity index (χ0) is 28.1. The summed E-state index contributed by atoms with van der Waals surface area (Å²) in [5.41, 5.74) is -0.639. The molecular weight excluding hydrogens is 508 g/mol. The van der Waals surface area contributed by atoms with Crippen molar-refractivity contribution in [2.45, 2.75) is 57.2 Å². The number of rotatable bonds is 11. The number of anilines is 1. The normalized spacial score (nSPS) is 20.2. The molecule has 2 aliphatic rings. The quantitative estimate of drug-likeness (QED) is 0.264. The fourth-order valence-electron chi connectivity index (χ4n) is 5.33. The van der Waals surface area contributed by atoms with Crippen molar-refractivity contribution in [3.8, 4) is 0 Å². The molecule has 3 unspecified atom stereocenters. The Morgan fingerprint density at radius 1 is 1.15 bits per heavy atom. The Hall–Kier alpha value is -4.36. The van der Waals surface area contributed by atoms with E-state index in [0.29, 0.717) is 11.8 Å². The zero-order valence-corrected chi connectivity index (χ0v) is 21.8. The fraction of sp³-hybridized carbons (Fsp3) is 0.520. The number of hydrogen-bond donors (Lipinski definition) is 4. The van der Waals surface area contributed by atoms with Crippen LogP contribution in [-0.4, -0.2) is 68.1 Å². The topological polar surface area (TPSA) is 186 Å². The maximum atomic E-state index is 13.1. The maximum absolute atomic E-state index is 13.1. The molecule has 2 fully saturated rings. The molecule has 208 valence electrons. The lowest BCUT2D eigenvalue weighted by atomic mass is 9.95. The van der Waals surface area contributed by atoms with Gasteiger partial charge in [-0.15, -0.1) is 5.10 Å². The lowest BCUT2D eigenvalue weighted by Crippen LogP contribution is -2.46. The van der Waals surface area contributed by atoms with Gasteiger partial charge in [-0.25, -0.2) is 4.68 Å². The highest BCUT2D eigenvalue weighted by molar-refractivity contribution is 6.36. The van der Waals surface area contributed by atoms with Crippen molar-refractivity contribution >= 4 is 35.1 Å². The number of Topliss-reactive ketones (excluding diaryl/α,β-unsaturated/α-hetero) is 1. The van der Waals surface area contributed by atoms with E-state index in [9.17, 15) is 28.8 Å². The van der Waals surface area contributed by atoms with Crippen molar-refractivity contribution in [1.29, 1.82) is 0 Å². The Morgan fingerprint density at radius 3 is 2.59 bits per heavy atom. The van der Waals surface area contributed by atoms with Crippen LogP contribution < -0.4 is 26.8 Å². The second kappa shape index (κ2) is 12.0. The molecule has 0 saturated heterocycles. The van der Waals surface area contributed by atoms with Gasteiger partial charge in [0, 0.05) is 32.8 Å². The van der Waals surface area contributed by atoms with Gasteiger partial charge in [0.2, 0.25) is 17.6 Å². The molecule has 4 atom stereocenters. The Labute approximate surface area is 223 Å². The summed E-state index contributed by atoms with van der Waals surface area (Å²) >= 11 is 0. The van der Waals surface area contributed by atoms with E-state index >= 15 is 0 Å². The molecule has 14 heteroatoms. The van der Waals surface area contributed by atoms with Crippen LogP contribution in [0.4, 0.5) is 5.69 Å². The van der Waals surface area contributed by atoms with E-state index in [1.165, 1.54) is 54.3 Å². The first-order valence-corrected chi connectivity index (χ1v) is 12.9. The van der Waals surface area contributed by atoms with Crippen LogP contribution in [0.15, 0.2) is 29.3 Å². The fourth-order valence-corrected chi connectivity index (χ4v) is 5.33. The molecule has 2 bridgehead atoms. The molecule has 2 saturated carbocycles. The monoisotopic (exact) mass is 540 g/mol. The van der Waals surface area contributed by atoms with Crippen molar-refractivity contribution in [3.05, 3.63) is 40.6 Å². The molecular formula is C25H32N8O6. The van der Waals surface area contributed by atoms with Crippen molar-refractivity contribution in [2.24, 2.45) is 18.9 Å². The van der Waals surface area contributed by atoms with Gasteiger partial charge >= 0.3 is 0 Å². The number of pyridine rings is 1. The summed E-state index contributed by atoms with van der Waals surface area (Å²) in [5.74, 6) is -2.18. The van der Waals surface area contributed by atoms with Gasteiger partial charge in [-0.1, -0.05) is 11.6 Å². The van der Waals surface area contributed by atoms with Crippen LogP contribution in [0.2, 0.25) is 0 Å². The third-order valence-electron chi connectivity index (χ3n) is 7.39. The highest BCUT2D eigenvalue weighted by Crippen LogP contribution is 2.44. The largest absolute Gasteiger partial charge is 0.353 e. The Kier molecular flexibility index (Phi) is 8.52. The average molecular weight is 541 g/mol. The number of carbonyl (C=O) groups excluding carboxylic acids is 5. The van der Waals surface area contributed by atoms with Gasteiger partial charge in [-0.2, -0.15) is 0 Å². The van der Waals surface area contributed by atoms with Gasteiger partial charge in [0.25, 0.3) is 17.4 Å². The summed E-state index contributed by atoms with van der Waals surface area (Å²) in [5, 5.41) is 17.5. The van der Waals surface area contributed by atoms with E-state index in [4.69, 9.17) is 0 Å². The first-order chi connectivity index (χ1) is 18.7. The van der Waals surface area contributed by atoms with Crippen LogP contribution >= 0.6 is 0 Å². The first kappa shape index (κ1) is 27.7.